The first kappa shape index (κ1) is 10.5. The van der Waals surface area contributed by atoms with E-state index in [1.807, 2.05) is 30.3 Å². The van der Waals surface area contributed by atoms with Crippen molar-refractivity contribution in [1.82, 2.24) is 0 Å². The number of thiophene rings is 1. The molecule has 86 valence electrons. The Labute approximate surface area is 104 Å². The summed E-state index contributed by atoms with van der Waals surface area (Å²) in [5.41, 5.74) is 2.62. The number of benzene rings is 1. The van der Waals surface area contributed by atoms with Crippen molar-refractivity contribution in [1.29, 1.82) is 0 Å². The Morgan fingerprint density at radius 3 is 2.65 bits per heavy atom. The molecule has 1 aliphatic rings. The molecule has 1 heterocycles. The molecule has 17 heavy (non-hydrogen) atoms. The number of fused-ring (bicyclic) bond motifs is 1. The smallest absolute Gasteiger partial charge is 0.337 e. The van der Waals surface area contributed by atoms with Crippen molar-refractivity contribution in [2.75, 3.05) is 0 Å². The minimum Gasteiger partial charge on any atom is -0.478 e. The van der Waals surface area contributed by atoms with E-state index in [1.54, 1.807) is 11.3 Å². The zero-order valence-corrected chi connectivity index (χ0v) is 10.1. The van der Waals surface area contributed by atoms with Gasteiger partial charge >= 0.3 is 5.97 Å². The molecule has 3 heteroatoms. The van der Waals surface area contributed by atoms with Crippen LogP contribution in [0, 0.1) is 0 Å². The van der Waals surface area contributed by atoms with Crippen molar-refractivity contribution in [2.24, 2.45) is 0 Å². The summed E-state index contributed by atoms with van der Waals surface area (Å²) < 4.78 is 0. The molecule has 0 unspecified atom stereocenters. The molecule has 0 fully saturated rings. The summed E-state index contributed by atoms with van der Waals surface area (Å²) in [7, 11) is 0. The molecule has 3 rings (SSSR count). The molecule has 0 spiro atoms. The van der Waals surface area contributed by atoms with Crippen LogP contribution >= 0.6 is 11.3 Å². The lowest BCUT2D eigenvalue weighted by molar-refractivity contribution is 0.0697. The van der Waals surface area contributed by atoms with E-state index >= 15 is 0 Å². The lowest BCUT2D eigenvalue weighted by atomic mass is 10.0. The van der Waals surface area contributed by atoms with E-state index in [1.165, 1.54) is 4.88 Å². The number of aryl methyl sites for hydroxylation is 1. The van der Waals surface area contributed by atoms with Crippen LogP contribution in [0.3, 0.4) is 0 Å². The van der Waals surface area contributed by atoms with Crippen molar-refractivity contribution >= 4 is 17.3 Å². The Hall–Kier alpha value is -1.61. The van der Waals surface area contributed by atoms with Crippen LogP contribution < -0.4 is 0 Å². The molecule has 1 aromatic carbocycles. The van der Waals surface area contributed by atoms with E-state index in [0.29, 0.717) is 5.56 Å². The Balaban J connectivity index is 2.21. The van der Waals surface area contributed by atoms with E-state index < -0.39 is 5.97 Å². The molecule has 0 bridgehead atoms. The van der Waals surface area contributed by atoms with Crippen molar-refractivity contribution < 1.29 is 9.90 Å². The van der Waals surface area contributed by atoms with Gasteiger partial charge < -0.3 is 5.11 Å². The number of carboxylic acid groups (broad SMARTS) is 1. The molecule has 2 nitrogen and oxygen atoms in total. The first-order chi connectivity index (χ1) is 8.27. The number of aromatic carboxylic acids is 1. The molecule has 0 amide bonds. The highest BCUT2D eigenvalue weighted by Gasteiger charge is 2.26. The Kier molecular flexibility index (Phi) is 2.48. The van der Waals surface area contributed by atoms with E-state index in [4.69, 9.17) is 0 Å². The summed E-state index contributed by atoms with van der Waals surface area (Å²) in [4.78, 5) is 13.6. The van der Waals surface area contributed by atoms with Gasteiger partial charge in [-0.1, -0.05) is 30.3 Å². The van der Waals surface area contributed by atoms with Gasteiger partial charge in [0.05, 0.1) is 5.56 Å². The van der Waals surface area contributed by atoms with Gasteiger partial charge in [0.1, 0.15) is 0 Å². The lowest BCUT2D eigenvalue weighted by Crippen LogP contribution is -2.00. The zero-order chi connectivity index (χ0) is 11.8. The maximum Gasteiger partial charge on any atom is 0.337 e. The Morgan fingerprint density at radius 2 is 1.94 bits per heavy atom. The van der Waals surface area contributed by atoms with Gasteiger partial charge in [0.15, 0.2) is 0 Å². The van der Waals surface area contributed by atoms with Crippen LogP contribution in [0.15, 0.2) is 30.3 Å². The maximum atomic E-state index is 11.4. The fourth-order valence-corrected chi connectivity index (χ4v) is 3.81. The average molecular weight is 244 g/mol. The van der Waals surface area contributed by atoms with Crippen LogP contribution in [0.5, 0.6) is 0 Å². The van der Waals surface area contributed by atoms with Crippen LogP contribution in [0.4, 0.5) is 0 Å². The van der Waals surface area contributed by atoms with E-state index in [-0.39, 0.29) is 0 Å². The van der Waals surface area contributed by atoms with Gasteiger partial charge in [-0.25, -0.2) is 4.79 Å². The highest BCUT2D eigenvalue weighted by atomic mass is 32.1. The second-order valence-electron chi connectivity index (χ2n) is 4.23. The third-order valence-corrected chi connectivity index (χ3v) is 4.51. The molecule has 0 aliphatic heterocycles. The lowest BCUT2D eigenvalue weighted by Gasteiger charge is -2.01. The van der Waals surface area contributed by atoms with Crippen LogP contribution in [0.2, 0.25) is 0 Å². The summed E-state index contributed by atoms with van der Waals surface area (Å²) in [5, 5.41) is 9.39. The predicted octanol–water partition coefficient (Wildman–Crippen LogP) is 3.60. The molecule has 1 aromatic heterocycles. The molecule has 0 saturated carbocycles. The monoisotopic (exact) mass is 244 g/mol. The second kappa shape index (κ2) is 4.00. The summed E-state index contributed by atoms with van der Waals surface area (Å²) >= 11 is 1.65. The number of hydrogen-bond donors (Lipinski definition) is 1. The minimum absolute atomic E-state index is 0.536. The normalized spacial score (nSPS) is 13.6. The molecule has 2 aromatic rings. The topological polar surface area (TPSA) is 37.3 Å². The summed E-state index contributed by atoms with van der Waals surface area (Å²) in [6.07, 6.45) is 3.05. The number of rotatable bonds is 2. The number of carbonyl (C=O) groups is 1. The fraction of sp³-hybridized carbons (Fsp3) is 0.214. The molecule has 1 aliphatic carbocycles. The van der Waals surface area contributed by atoms with Crippen LogP contribution in [0.1, 0.15) is 27.2 Å². The first-order valence-electron chi connectivity index (χ1n) is 5.70. The van der Waals surface area contributed by atoms with Crippen molar-refractivity contribution in [2.45, 2.75) is 19.3 Å². The minimum atomic E-state index is -0.789. The molecule has 1 N–H and O–H groups in total. The Morgan fingerprint density at radius 1 is 1.18 bits per heavy atom. The summed E-state index contributed by atoms with van der Waals surface area (Å²) in [6.45, 7) is 0. The number of hydrogen-bond acceptors (Lipinski definition) is 2. The summed E-state index contributed by atoms with van der Waals surface area (Å²) in [5.74, 6) is -0.789. The van der Waals surface area contributed by atoms with Crippen LogP contribution in [-0.2, 0) is 12.8 Å². The third kappa shape index (κ3) is 1.67. The summed E-state index contributed by atoms with van der Waals surface area (Å²) in [6, 6.07) is 9.81. The third-order valence-electron chi connectivity index (χ3n) is 3.17. The molecular weight excluding hydrogens is 232 g/mol. The van der Waals surface area contributed by atoms with Crippen LogP contribution in [-0.4, -0.2) is 11.1 Å². The molecule has 0 radical (unpaired) electrons. The molecular formula is C14H12O2S. The van der Waals surface area contributed by atoms with E-state index in [2.05, 4.69) is 0 Å². The van der Waals surface area contributed by atoms with Gasteiger partial charge in [-0.2, -0.15) is 0 Å². The zero-order valence-electron chi connectivity index (χ0n) is 9.27. The second-order valence-corrected chi connectivity index (χ2v) is 5.34. The van der Waals surface area contributed by atoms with Gasteiger partial charge in [-0.3, -0.25) is 0 Å². The van der Waals surface area contributed by atoms with Gasteiger partial charge in [0, 0.05) is 9.75 Å². The number of carboxylic acids is 1. The van der Waals surface area contributed by atoms with Crippen molar-refractivity contribution in [3.8, 4) is 10.4 Å². The molecule has 0 atom stereocenters. The predicted molar refractivity (Wildman–Crippen MR) is 68.7 cm³/mol. The molecule has 0 saturated heterocycles. The van der Waals surface area contributed by atoms with E-state index in [0.717, 1.165) is 35.3 Å². The van der Waals surface area contributed by atoms with Crippen molar-refractivity contribution in [3.63, 3.8) is 0 Å². The van der Waals surface area contributed by atoms with Gasteiger partial charge in [-0.15, -0.1) is 11.3 Å². The van der Waals surface area contributed by atoms with Crippen molar-refractivity contribution in [3.05, 3.63) is 46.3 Å². The largest absolute Gasteiger partial charge is 0.478 e. The highest BCUT2D eigenvalue weighted by molar-refractivity contribution is 7.16. The van der Waals surface area contributed by atoms with Gasteiger partial charge in [-0.05, 0) is 30.4 Å². The highest BCUT2D eigenvalue weighted by Crippen LogP contribution is 2.41. The SMILES string of the molecule is O=C(O)c1c(-c2ccccc2)sc2c1CCC2. The average Bonchev–Trinajstić information content (AvgIpc) is 2.88. The standard InChI is InChI=1S/C14H12O2S/c15-14(16)12-10-7-4-8-11(10)17-13(12)9-5-2-1-3-6-9/h1-3,5-6H,4,7-8H2,(H,15,16). The van der Waals surface area contributed by atoms with E-state index in [9.17, 15) is 9.90 Å². The first-order valence-corrected chi connectivity index (χ1v) is 6.52. The maximum absolute atomic E-state index is 11.4. The van der Waals surface area contributed by atoms with Gasteiger partial charge in [0.25, 0.3) is 0 Å². The quantitative estimate of drug-likeness (QED) is 0.876. The fourth-order valence-electron chi connectivity index (χ4n) is 2.42. The van der Waals surface area contributed by atoms with Crippen LogP contribution in [0.25, 0.3) is 10.4 Å². The van der Waals surface area contributed by atoms with Gasteiger partial charge in [0.2, 0.25) is 0 Å². The Bertz CT molecular complexity index is 569.